The first-order valence-electron chi connectivity index (χ1n) is 18.5. The predicted molar refractivity (Wildman–Crippen MR) is 227 cm³/mol. The van der Waals surface area contributed by atoms with Crippen LogP contribution in [0.25, 0.3) is 76.8 Å². The summed E-state index contributed by atoms with van der Waals surface area (Å²) in [7, 11) is 0. The Bertz CT molecular complexity index is 3130. The van der Waals surface area contributed by atoms with Crippen LogP contribution >= 0.6 is 0 Å². The van der Waals surface area contributed by atoms with Crippen molar-refractivity contribution < 1.29 is 9.59 Å². The highest BCUT2D eigenvalue weighted by atomic mass is 16.2. The van der Waals surface area contributed by atoms with E-state index in [1.807, 2.05) is 132 Å². The van der Waals surface area contributed by atoms with Gasteiger partial charge in [0.25, 0.3) is 11.8 Å². The smallest absolute Gasteiger partial charge is 0.268 e. The fourth-order valence-corrected chi connectivity index (χ4v) is 8.00. The molecule has 8 nitrogen and oxygen atoms in total. The molecule has 270 valence electrons. The zero-order valence-corrected chi connectivity index (χ0v) is 30.7. The van der Waals surface area contributed by atoms with Gasteiger partial charge in [0.05, 0.1) is 45.7 Å². The van der Waals surface area contributed by atoms with Crippen LogP contribution in [-0.4, -0.2) is 26.3 Å². The van der Waals surface area contributed by atoms with Crippen LogP contribution in [0, 0.1) is 17.9 Å². The monoisotopic (exact) mass is 744 g/mol. The lowest BCUT2D eigenvalue weighted by atomic mass is 9.97. The number of nitrogens with zero attached hydrogens (tertiary/aromatic N) is 6. The highest BCUT2D eigenvalue weighted by Gasteiger charge is 2.40. The van der Waals surface area contributed by atoms with Gasteiger partial charge in [0.1, 0.15) is 6.07 Å². The summed E-state index contributed by atoms with van der Waals surface area (Å²) < 4.78 is 2.04. The maximum absolute atomic E-state index is 15.2. The van der Waals surface area contributed by atoms with E-state index in [1.165, 1.54) is 17.3 Å². The molecule has 2 amide bonds. The number of hydrogen-bond donors (Lipinski definition) is 0. The number of carbonyl (C=O) groups excluding carboxylic acids is 2. The fraction of sp³-hybridized carbons (Fsp3) is 0. The summed E-state index contributed by atoms with van der Waals surface area (Å²) in [6.07, 6.45) is 6.51. The molecule has 4 heterocycles. The summed E-state index contributed by atoms with van der Waals surface area (Å²) in [5, 5.41) is 11.5. The van der Waals surface area contributed by atoms with Gasteiger partial charge in [-0.15, -0.1) is 0 Å². The molecule has 0 spiro atoms. The lowest BCUT2D eigenvalue weighted by Crippen LogP contribution is -2.30. The molecule has 0 unspecified atom stereocenters. The molecule has 58 heavy (non-hydrogen) atoms. The van der Waals surface area contributed by atoms with Crippen LogP contribution in [-0.2, 0) is 0 Å². The van der Waals surface area contributed by atoms with E-state index in [9.17, 15) is 10.1 Å². The fourth-order valence-electron chi connectivity index (χ4n) is 8.00. The molecule has 0 saturated carbocycles. The molecule has 1 aliphatic heterocycles. The molecule has 0 aliphatic carbocycles. The van der Waals surface area contributed by atoms with Crippen LogP contribution in [0.1, 0.15) is 26.3 Å². The minimum Gasteiger partial charge on any atom is -0.308 e. The summed E-state index contributed by atoms with van der Waals surface area (Å²) >= 11 is 0. The number of pyridine rings is 2. The van der Waals surface area contributed by atoms with Crippen molar-refractivity contribution in [3.63, 3.8) is 0 Å². The molecular formula is C50H28N6O2. The Kier molecular flexibility index (Phi) is 8.04. The topological polar surface area (TPSA) is 96.2 Å². The highest BCUT2D eigenvalue weighted by molar-refractivity contribution is 6.36. The van der Waals surface area contributed by atoms with Crippen molar-refractivity contribution >= 4 is 45.0 Å². The Morgan fingerprint density at radius 1 is 0.517 bits per heavy atom. The minimum absolute atomic E-state index is 0.288. The number of fused-ring (bicyclic) bond motifs is 4. The highest BCUT2D eigenvalue weighted by Crippen LogP contribution is 2.43. The van der Waals surface area contributed by atoms with E-state index in [1.54, 1.807) is 30.6 Å². The minimum atomic E-state index is -0.430. The second kappa shape index (κ2) is 13.7. The number of hydrogen-bond acceptors (Lipinski definition) is 5. The second-order valence-corrected chi connectivity index (χ2v) is 14.0. The van der Waals surface area contributed by atoms with Gasteiger partial charge in [-0.2, -0.15) is 5.26 Å². The van der Waals surface area contributed by atoms with E-state index in [4.69, 9.17) is 6.57 Å². The van der Waals surface area contributed by atoms with Gasteiger partial charge in [-0.05, 0) is 75.8 Å². The lowest BCUT2D eigenvalue weighted by molar-refractivity contribution is 0.0926. The number of anilines is 1. The van der Waals surface area contributed by atoms with Crippen LogP contribution in [0.2, 0.25) is 0 Å². The van der Waals surface area contributed by atoms with Gasteiger partial charge < -0.3 is 4.57 Å². The molecule has 3 aromatic heterocycles. The van der Waals surface area contributed by atoms with Gasteiger partial charge in [-0.1, -0.05) is 103 Å². The molecular weight excluding hydrogens is 717 g/mol. The van der Waals surface area contributed by atoms with Gasteiger partial charge in [0.2, 0.25) is 5.69 Å². The summed E-state index contributed by atoms with van der Waals surface area (Å²) in [6, 6.07) is 48.9. The van der Waals surface area contributed by atoms with Gasteiger partial charge in [-0.3, -0.25) is 19.6 Å². The van der Waals surface area contributed by atoms with Crippen molar-refractivity contribution in [2.75, 3.05) is 4.90 Å². The molecule has 8 heteroatoms. The van der Waals surface area contributed by atoms with E-state index in [0.717, 1.165) is 66.3 Å². The largest absolute Gasteiger partial charge is 0.308 e. The van der Waals surface area contributed by atoms with Crippen LogP contribution in [0.4, 0.5) is 11.4 Å². The van der Waals surface area contributed by atoms with E-state index in [2.05, 4.69) is 20.9 Å². The van der Waals surface area contributed by atoms with Crippen molar-refractivity contribution in [2.24, 2.45) is 0 Å². The lowest BCUT2D eigenvalue weighted by Gasteiger charge is -2.20. The number of rotatable bonds is 6. The van der Waals surface area contributed by atoms with Gasteiger partial charge >= 0.3 is 0 Å². The molecule has 0 N–H and O–H groups in total. The quantitative estimate of drug-likeness (QED) is 0.125. The van der Waals surface area contributed by atoms with Crippen molar-refractivity contribution in [2.45, 2.75) is 0 Å². The maximum atomic E-state index is 15.2. The molecule has 6 aromatic carbocycles. The molecule has 10 rings (SSSR count). The molecule has 0 bridgehead atoms. The van der Waals surface area contributed by atoms with Crippen molar-refractivity contribution in [3.8, 4) is 56.3 Å². The normalized spacial score (nSPS) is 12.1. The molecule has 0 radical (unpaired) electrons. The molecule has 9 aromatic rings. The average Bonchev–Trinajstić information content (AvgIpc) is 3.75. The van der Waals surface area contributed by atoms with Crippen LogP contribution < -0.4 is 4.90 Å². The number of aromatic nitrogens is 3. The standard InChI is InChI=1S/C50H28N6O2/c1-52-39-22-38(29-54-30-39)36-17-20-42-41-19-16-35(37-21-31(26-51)27-53-28-37)24-46(41)55(47(42)25-36)44-14-8-13-43-48(44)50(58)56(49(43)57)45-23-34(32-9-4-2-5-10-32)15-18-40(45)33-11-6-3-7-12-33/h2-25,27-30H. The molecule has 1 aliphatic rings. The Balaban J connectivity index is 1.21. The van der Waals surface area contributed by atoms with Crippen LogP contribution in [0.15, 0.2) is 170 Å². The van der Waals surface area contributed by atoms with Gasteiger partial charge in [0, 0.05) is 46.7 Å². The van der Waals surface area contributed by atoms with E-state index >= 15 is 4.79 Å². The number of carbonyl (C=O) groups is 2. The summed E-state index contributed by atoms with van der Waals surface area (Å²) in [4.78, 5) is 43.4. The predicted octanol–water partition coefficient (Wildman–Crippen LogP) is 11.5. The maximum Gasteiger partial charge on any atom is 0.268 e. The number of amides is 2. The van der Waals surface area contributed by atoms with Crippen molar-refractivity contribution in [1.29, 1.82) is 5.26 Å². The average molecular weight is 745 g/mol. The Morgan fingerprint density at radius 2 is 1.14 bits per heavy atom. The second-order valence-electron chi connectivity index (χ2n) is 14.0. The van der Waals surface area contributed by atoms with E-state index < -0.39 is 11.8 Å². The summed E-state index contributed by atoms with van der Waals surface area (Å²) in [5.41, 5.74) is 10.8. The first kappa shape index (κ1) is 34.1. The zero-order valence-electron chi connectivity index (χ0n) is 30.7. The Labute approximate surface area is 333 Å². The van der Waals surface area contributed by atoms with Gasteiger partial charge in [0.15, 0.2) is 0 Å². The third kappa shape index (κ3) is 5.52. The number of imide groups is 1. The molecule has 0 fully saturated rings. The number of benzene rings is 6. The SMILES string of the molecule is [C-]#[N+]c1cncc(-c2ccc3c4ccc(-c5cncc(C#N)c5)cc4n(-c4cccc5c4C(=O)N(c4cc(-c6ccccc6)ccc4-c4ccccc4)C5=O)c3c2)c1. The van der Waals surface area contributed by atoms with E-state index in [-0.39, 0.29) is 5.56 Å². The number of nitriles is 1. The van der Waals surface area contributed by atoms with Crippen LogP contribution in [0.3, 0.4) is 0 Å². The third-order valence-corrected chi connectivity index (χ3v) is 10.7. The first-order valence-corrected chi connectivity index (χ1v) is 18.5. The Hall–Kier alpha value is -8.46. The van der Waals surface area contributed by atoms with Crippen molar-refractivity contribution in [3.05, 3.63) is 198 Å². The van der Waals surface area contributed by atoms with Crippen molar-refractivity contribution in [1.82, 2.24) is 14.5 Å². The summed E-state index contributed by atoms with van der Waals surface area (Å²) in [6.45, 7) is 7.57. The van der Waals surface area contributed by atoms with Crippen LogP contribution in [0.5, 0.6) is 0 Å². The first-order chi connectivity index (χ1) is 28.5. The van der Waals surface area contributed by atoms with E-state index in [0.29, 0.717) is 28.2 Å². The molecule has 0 saturated heterocycles. The Morgan fingerprint density at radius 3 is 1.81 bits per heavy atom. The zero-order chi connectivity index (χ0) is 39.3. The molecule has 0 atom stereocenters. The summed E-state index contributed by atoms with van der Waals surface area (Å²) in [5.74, 6) is -0.840. The third-order valence-electron chi connectivity index (χ3n) is 10.7. The van der Waals surface area contributed by atoms with Gasteiger partial charge in [-0.25, -0.2) is 9.74 Å².